The molecule has 102 valence electrons. The molecule has 0 unspecified atom stereocenters. The number of anilines is 1. The molecule has 2 heterocycles. The molecule has 1 spiro atoms. The minimum atomic E-state index is -1.19. The number of alkyl halides is 1. The Bertz CT molecular complexity index is 511. The fraction of sp³-hybridized carbons (Fsp3) is 0.500. The van der Waals surface area contributed by atoms with E-state index < -0.39 is 5.79 Å². The molecule has 3 rings (SSSR count). The second kappa shape index (κ2) is 4.89. The lowest BCUT2D eigenvalue weighted by Crippen LogP contribution is -2.41. The van der Waals surface area contributed by atoms with Crippen LogP contribution in [-0.2, 0) is 20.1 Å². The molecule has 0 atom stereocenters. The molecule has 2 aliphatic heterocycles. The standard InChI is InChI=1S/C14H16BrNO3/c1-10-3-4-12-11(9-10)14(18-7-8-19-14)13(17)16(12)6-2-5-15/h3-4,9H,2,5-8H2,1H3. The number of nitrogens with zero attached hydrogens (tertiary/aromatic N) is 1. The van der Waals surface area contributed by atoms with Crippen molar-refractivity contribution < 1.29 is 14.3 Å². The zero-order chi connectivity index (χ0) is 13.5. The van der Waals surface area contributed by atoms with Crippen molar-refractivity contribution in [2.45, 2.75) is 19.1 Å². The predicted octanol–water partition coefficient (Wildman–Crippen LogP) is 2.33. The van der Waals surface area contributed by atoms with Gasteiger partial charge < -0.3 is 14.4 Å². The van der Waals surface area contributed by atoms with E-state index in [0.717, 1.165) is 28.6 Å². The minimum Gasteiger partial charge on any atom is -0.336 e. The summed E-state index contributed by atoms with van der Waals surface area (Å²) in [5.74, 6) is -1.28. The van der Waals surface area contributed by atoms with Crippen LogP contribution < -0.4 is 4.90 Å². The largest absolute Gasteiger partial charge is 0.336 e. The summed E-state index contributed by atoms with van der Waals surface area (Å²) < 4.78 is 11.4. The fourth-order valence-electron chi connectivity index (χ4n) is 2.68. The maximum atomic E-state index is 12.7. The van der Waals surface area contributed by atoms with Gasteiger partial charge in [-0.15, -0.1) is 0 Å². The Morgan fingerprint density at radius 2 is 2.11 bits per heavy atom. The van der Waals surface area contributed by atoms with Gasteiger partial charge in [0.25, 0.3) is 11.7 Å². The van der Waals surface area contributed by atoms with Crippen molar-refractivity contribution in [2.75, 3.05) is 30.0 Å². The lowest BCUT2D eigenvalue weighted by Gasteiger charge is -2.21. The Kier molecular flexibility index (Phi) is 3.37. The maximum absolute atomic E-state index is 12.7. The van der Waals surface area contributed by atoms with Gasteiger partial charge in [-0.2, -0.15) is 0 Å². The Morgan fingerprint density at radius 1 is 1.37 bits per heavy atom. The van der Waals surface area contributed by atoms with E-state index in [4.69, 9.17) is 9.47 Å². The van der Waals surface area contributed by atoms with Crippen molar-refractivity contribution in [3.05, 3.63) is 29.3 Å². The Hall–Kier alpha value is -0.910. The molecule has 1 aromatic rings. The number of carbonyl (C=O) groups excluding carboxylic acids is 1. The molecule has 1 aromatic carbocycles. The van der Waals surface area contributed by atoms with Crippen LogP contribution in [0.3, 0.4) is 0 Å². The Morgan fingerprint density at radius 3 is 2.79 bits per heavy atom. The van der Waals surface area contributed by atoms with E-state index in [1.807, 2.05) is 25.1 Å². The summed E-state index contributed by atoms with van der Waals surface area (Å²) in [4.78, 5) is 14.4. The molecule has 0 aromatic heterocycles. The average Bonchev–Trinajstić information content (AvgIpc) is 2.97. The van der Waals surface area contributed by atoms with Crippen LogP contribution in [-0.4, -0.2) is 31.0 Å². The van der Waals surface area contributed by atoms with Crippen molar-refractivity contribution in [1.29, 1.82) is 0 Å². The number of benzene rings is 1. The Labute approximate surface area is 120 Å². The van der Waals surface area contributed by atoms with Crippen molar-refractivity contribution in [3.8, 4) is 0 Å². The molecule has 5 heteroatoms. The number of halogens is 1. The highest BCUT2D eigenvalue weighted by Gasteiger charge is 2.55. The first-order valence-electron chi connectivity index (χ1n) is 6.46. The van der Waals surface area contributed by atoms with Gasteiger partial charge >= 0.3 is 0 Å². The van der Waals surface area contributed by atoms with E-state index >= 15 is 0 Å². The number of hydrogen-bond donors (Lipinski definition) is 0. The average molecular weight is 326 g/mol. The summed E-state index contributed by atoms with van der Waals surface area (Å²) in [7, 11) is 0. The van der Waals surface area contributed by atoms with Crippen LogP contribution in [0.5, 0.6) is 0 Å². The van der Waals surface area contributed by atoms with E-state index in [1.165, 1.54) is 0 Å². The molecule has 1 fully saturated rings. The highest BCUT2D eigenvalue weighted by molar-refractivity contribution is 9.09. The van der Waals surface area contributed by atoms with E-state index in [-0.39, 0.29) is 5.91 Å². The molecule has 0 radical (unpaired) electrons. The normalized spacial score (nSPS) is 20.3. The maximum Gasteiger partial charge on any atom is 0.292 e. The molecule has 0 N–H and O–H groups in total. The van der Waals surface area contributed by atoms with Gasteiger partial charge in [-0.3, -0.25) is 4.79 Å². The molecule has 0 aliphatic carbocycles. The van der Waals surface area contributed by atoms with Crippen LogP contribution in [0.2, 0.25) is 0 Å². The molecule has 0 bridgehead atoms. The van der Waals surface area contributed by atoms with Gasteiger partial charge in [0, 0.05) is 17.4 Å². The predicted molar refractivity (Wildman–Crippen MR) is 75.5 cm³/mol. The van der Waals surface area contributed by atoms with Crippen molar-refractivity contribution in [3.63, 3.8) is 0 Å². The summed E-state index contributed by atoms with van der Waals surface area (Å²) in [6.07, 6.45) is 0.898. The van der Waals surface area contributed by atoms with Crippen molar-refractivity contribution in [2.24, 2.45) is 0 Å². The van der Waals surface area contributed by atoms with E-state index in [2.05, 4.69) is 15.9 Å². The van der Waals surface area contributed by atoms with E-state index in [9.17, 15) is 4.79 Å². The molecule has 19 heavy (non-hydrogen) atoms. The lowest BCUT2D eigenvalue weighted by atomic mass is 10.0. The number of hydrogen-bond acceptors (Lipinski definition) is 3. The Balaban J connectivity index is 2.06. The van der Waals surface area contributed by atoms with Gasteiger partial charge in [0.15, 0.2) is 0 Å². The second-order valence-electron chi connectivity index (χ2n) is 4.83. The zero-order valence-electron chi connectivity index (χ0n) is 10.8. The second-order valence-corrected chi connectivity index (χ2v) is 5.63. The summed E-state index contributed by atoms with van der Waals surface area (Å²) >= 11 is 3.40. The third-order valence-corrected chi connectivity index (χ3v) is 4.09. The van der Waals surface area contributed by atoms with Crippen LogP contribution in [0.15, 0.2) is 18.2 Å². The van der Waals surface area contributed by atoms with Crippen molar-refractivity contribution in [1.82, 2.24) is 0 Å². The smallest absolute Gasteiger partial charge is 0.292 e. The van der Waals surface area contributed by atoms with Gasteiger partial charge in [0.2, 0.25) is 0 Å². The molecule has 2 aliphatic rings. The van der Waals surface area contributed by atoms with Crippen LogP contribution in [0.25, 0.3) is 0 Å². The lowest BCUT2D eigenvalue weighted by molar-refractivity contribution is -0.180. The monoisotopic (exact) mass is 325 g/mol. The quantitative estimate of drug-likeness (QED) is 0.800. The van der Waals surface area contributed by atoms with Crippen LogP contribution in [0, 0.1) is 6.92 Å². The van der Waals surface area contributed by atoms with Crippen LogP contribution in [0.1, 0.15) is 17.5 Å². The van der Waals surface area contributed by atoms with Gasteiger partial charge in [-0.25, -0.2) is 0 Å². The number of rotatable bonds is 3. The van der Waals surface area contributed by atoms with Crippen LogP contribution in [0.4, 0.5) is 5.69 Å². The van der Waals surface area contributed by atoms with E-state index in [0.29, 0.717) is 19.8 Å². The van der Waals surface area contributed by atoms with Gasteiger partial charge in [0.05, 0.1) is 18.9 Å². The molecular formula is C14H16BrNO3. The van der Waals surface area contributed by atoms with Gasteiger partial charge in [-0.05, 0) is 25.5 Å². The summed E-state index contributed by atoms with van der Waals surface area (Å²) in [6, 6.07) is 5.99. The molecule has 1 amide bonds. The molecular weight excluding hydrogens is 310 g/mol. The summed E-state index contributed by atoms with van der Waals surface area (Å²) in [5.41, 5.74) is 2.87. The number of amides is 1. The molecule has 0 saturated carbocycles. The third-order valence-electron chi connectivity index (χ3n) is 3.53. The number of aryl methyl sites for hydroxylation is 1. The summed E-state index contributed by atoms with van der Waals surface area (Å²) in [5, 5.41) is 0.868. The van der Waals surface area contributed by atoms with Gasteiger partial charge in [0.1, 0.15) is 0 Å². The fourth-order valence-corrected chi connectivity index (χ4v) is 2.93. The molecule has 1 saturated heterocycles. The van der Waals surface area contributed by atoms with E-state index in [1.54, 1.807) is 4.90 Å². The SMILES string of the molecule is Cc1ccc2c(c1)C1(OCCO1)C(=O)N2CCCBr. The minimum absolute atomic E-state index is 0.0912. The summed E-state index contributed by atoms with van der Waals surface area (Å²) in [6.45, 7) is 3.61. The third kappa shape index (κ3) is 1.91. The number of ether oxygens (including phenoxy) is 2. The first kappa shape index (κ1) is 13.1. The van der Waals surface area contributed by atoms with Crippen molar-refractivity contribution >= 4 is 27.5 Å². The van der Waals surface area contributed by atoms with Gasteiger partial charge in [-0.1, -0.05) is 27.6 Å². The number of carbonyl (C=O) groups is 1. The first-order chi connectivity index (χ1) is 9.19. The zero-order valence-corrected chi connectivity index (χ0v) is 12.4. The first-order valence-corrected chi connectivity index (χ1v) is 7.58. The molecule has 4 nitrogen and oxygen atoms in total. The number of fused-ring (bicyclic) bond motifs is 2. The topological polar surface area (TPSA) is 38.8 Å². The highest BCUT2D eigenvalue weighted by Crippen LogP contribution is 2.46. The van der Waals surface area contributed by atoms with Crippen LogP contribution >= 0.6 is 15.9 Å². The highest BCUT2D eigenvalue weighted by atomic mass is 79.9.